The van der Waals surface area contributed by atoms with Crippen molar-refractivity contribution in [3.05, 3.63) is 130 Å². The zero-order valence-corrected chi connectivity index (χ0v) is 27.9. The van der Waals surface area contributed by atoms with Crippen LogP contribution in [0.15, 0.2) is 96.0 Å². The first-order valence-corrected chi connectivity index (χ1v) is 17.6. The lowest BCUT2D eigenvalue weighted by atomic mass is 9.83. The van der Waals surface area contributed by atoms with Crippen molar-refractivity contribution in [2.45, 2.75) is 42.7 Å². The minimum Gasteiger partial charge on any atom is -0.478 e. The molecule has 4 aromatic carbocycles. The quantitative estimate of drug-likeness (QED) is 0.195. The molecule has 1 unspecified atom stereocenters. The summed E-state index contributed by atoms with van der Waals surface area (Å²) in [5.74, 6) is -2.74. The molecule has 11 nitrogen and oxygen atoms in total. The van der Waals surface area contributed by atoms with Crippen LogP contribution in [-0.4, -0.2) is 63.7 Å². The Bertz CT molecular complexity index is 2260. The molecule has 0 bridgehead atoms. The molecule has 0 saturated heterocycles. The summed E-state index contributed by atoms with van der Waals surface area (Å²) in [7, 11) is -3.65. The van der Waals surface area contributed by atoms with Crippen LogP contribution in [0.2, 0.25) is 5.02 Å². The number of fused-ring (bicyclic) bond motifs is 1. The fourth-order valence-corrected chi connectivity index (χ4v) is 7.64. The van der Waals surface area contributed by atoms with Crippen LogP contribution < -0.4 is 4.72 Å². The van der Waals surface area contributed by atoms with Gasteiger partial charge in [-0.25, -0.2) is 27.0 Å². The Hall–Kier alpha value is -5.24. The summed E-state index contributed by atoms with van der Waals surface area (Å²) < 4.78 is 44.1. The van der Waals surface area contributed by atoms with E-state index in [-0.39, 0.29) is 51.7 Å². The van der Waals surface area contributed by atoms with Gasteiger partial charge in [0, 0.05) is 19.0 Å². The fourth-order valence-electron chi connectivity index (χ4n) is 6.17. The van der Waals surface area contributed by atoms with Crippen molar-refractivity contribution in [1.29, 1.82) is 0 Å². The highest BCUT2D eigenvalue weighted by Gasteiger charge is 2.38. The summed E-state index contributed by atoms with van der Waals surface area (Å²) in [6.07, 6.45) is 3.19. The predicted octanol–water partition coefficient (Wildman–Crippen LogP) is 5.42. The maximum absolute atomic E-state index is 14.7. The van der Waals surface area contributed by atoms with E-state index in [4.69, 9.17) is 11.6 Å². The van der Waals surface area contributed by atoms with Gasteiger partial charge in [0.25, 0.3) is 5.91 Å². The highest BCUT2D eigenvalue weighted by molar-refractivity contribution is 7.89. The lowest BCUT2D eigenvalue weighted by Gasteiger charge is -2.37. The van der Waals surface area contributed by atoms with Crippen molar-refractivity contribution in [3.8, 4) is 16.8 Å². The number of nitrogens with one attached hydrogen (secondary N) is 1. The third-order valence-corrected chi connectivity index (χ3v) is 10.7. The summed E-state index contributed by atoms with van der Waals surface area (Å²) >= 11 is 5.94. The second kappa shape index (κ2) is 13.2. The largest absolute Gasteiger partial charge is 0.478 e. The first-order valence-electron chi connectivity index (χ1n) is 15.8. The molecular formula is C36H29ClFN5O6S. The van der Waals surface area contributed by atoms with Crippen LogP contribution in [0.25, 0.3) is 16.8 Å². The zero-order valence-electron chi connectivity index (χ0n) is 26.3. The average Bonchev–Trinajstić information content (AvgIpc) is 3.78. The monoisotopic (exact) mass is 713 g/mol. The molecular weight excluding hydrogens is 685 g/mol. The van der Waals surface area contributed by atoms with Crippen molar-refractivity contribution in [1.82, 2.24) is 24.6 Å². The van der Waals surface area contributed by atoms with Gasteiger partial charge in [-0.15, -0.1) is 5.10 Å². The maximum atomic E-state index is 14.7. The second-order valence-electron chi connectivity index (χ2n) is 12.2. The van der Waals surface area contributed by atoms with Gasteiger partial charge in [0.1, 0.15) is 11.7 Å². The number of carboxylic acid groups (broad SMARTS) is 1. The van der Waals surface area contributed by atoms with Gasteiger partial charge < -0.3 is 10.0 Å². The topological polar surface area (TPSA) is 152 Å². The Morgan fingerprint density at radius 3 is 2.38 bits per heavy atom. The molecule has 1 aromatic heterocycles. The van der Waals surface area contributed by atoms with E-state index in [1.165, 1.54) is 41.4 Å². The summed E-state index contributed by atoms with van der Waals surface area (Å²) in [6, 6.07) is 21.2. The Morgan fingerprint density at radius 1 is 0.960 bits per heavy atom. The summed E-state index contributed by atoms with van der Waals surface area (Å²) in [5.41, 5.74) is 3.49. The van der Waals surface area contributed by atoms with E-state index in [2.05, 4.69) is 15.0 Å². The molecule has 7 rings (SSSR count). The van der Waals surface area contributed by atoms with Crippen LogP contribution >= 0.6 is 11.6 Å². The molecule has 254 valence electrons. The minimum absolute atomic E-state index is 0.00254. The van der Waals surface area contributed by atoms with E-state index < -0.39 is 33.8 Å². The second-order valence-corrected chi connectivity index (χ2v) is 14.3. The highest BCUT2D eigenvalue weighted by atomic mass is 35.5. The molecule has 1 saturated carbocycles. The molecule has 0 spiro atoms. The number of carbonyl (C=O) groups excluding carboxylic acids is 2. The maximum Gasteiger partial charge on any atom is 0.335 e. The van der Waals surface area contributed by atoms with Gasteiger partial charge in [0.15, 0.2) is 17.3 Å². The van der Waals surface area contributed by atoms with Crippen LogP contribution in [-0.2, 0) is 27.7 Å². The van der Waals surface area contributed by atoms with E-state index in [9.17, 15) is 32.3 Å². The third-order valence-electron chi connectivity index (χ3n) is 8.83. The first kappa shape index (κ1) is 33.3. The molecule has 0 radical (unpaired) electrons. The number of rotatable bonds is 10. The van der Waals surface area contributed by atoms with Gasteiger partial charge in [-0.2, -0.15) is 0 Å². The van der Waals surface area contributed by atoms with Gasteiger partial charge in [0.2, 0.25) is 10.0 Å². The number of hydrogen-bond donors (Lipinski definition) is 2. The Morgan fingerprint density at radius 2 is 1.68 bits per heavy atom. The molecule has 1 atom stereocenters. The van der Waals surface area contributed by atoms with Crippen LogP contribution in [0.1, 0.15) is 56.4 Å². The molecule has 1 amide bonds. The molecule has 1 aliphatic carbocycles. The van der Waals surface area contributed by atoms with Gasteiger partial charge in [-0.3, -0.25) is 9.59 Å². The summed E-state index contributed by atoms with van der Waals surface area (Å²) in [6.45, 7) is 0.132. The number of hydrogen-bond acceptors (Lipinski definition) is 7. The first-order chi connectivity index (χ1) is 24.0. The van der Waals surface area contributed by atoms with Crippen LogP contribution in [0.4, 0.5) is 4.39 Å². The smallest absolute Gasteiger partial charge is 0.335 e. The average molecular weight is 714 g/mol. The summed E-state index contributed by atoms with van der Waals surface area (Å²) in [5, 5.41) is 17.1. The Balaban J connectivity index is 1.24. The Kier molecular flexibility index (Phi) is 8.80. The zero-order chi connectivity index (χ0) is 35.2. The van der Waals surface area contributed by atoms with Crippen LogP contribution in [0.3, 0.4) is 0 Å². The molecule has 5 aromatic rings. The van der Waals surface area contributed by atoms with Crippen molar-refractivity contribution >= 4 is 39.3 Å². The minimum atomic E-state index is -3.65. The number of sulfonamides is 1. The molecule has 2 aliphatic rings. The number of halogens is 2. The fraction of sp³-hybridized carbons (Fsp3) is 0.194. The SMILES string of the molecule is O=C(O)c1ccc(CC(=O)C2c3cccc(-c4ccc(S(=O)(=O)NC5CC5)cc4)c3CCN2C(=O)c2cn(-c3cccc(Cl)c3F)nn2)cc1. The van der Waals surface area contributed by atoms with E-state index >= 15 is 0 Å². The number of amides is 1. The number of carboxylic acids is 1. The van der Waals surface area contributed by atoms with Crippen molar-refractivity contribution in [2.75, 3.05) is 6.54 Å². The number of Topliss-reactive ketones (excluding diaryl/α,β-unsaturated/α-hetero) is 1. The Labute approximate surface area is 291 Å². The van der Waals surface area contributed by atoms with Gasteiger partial charge in [0.05, 0.1) is 21.7 Å². The van der Waals surface area contributed by atoms with E-state index in [1.807, 2.05) is 6.07 Å². The van der Waals surface area contributed by atoms with Gasteiger partial charge in [-0.05, 0) is 83.5 Å². The number of benzene rings is 4. The number of carbonyl (C=O) groups is 3. The van der Waals surface area contributed by atoms with E-state index in [0.717, 1.165) is 34.2 Å². The molecule has 14 heteroatoms. The molecule has 1 aliphatic heterocycles. The van der Waals surface area contributed by atoms with Crippen molar-refractivity contribution in [3.63, 3.8) is 0 Å². The molecule has 1 fully saturated rings. The lowest BCUT2D eigenvalue weighted by molar-refractivity contribution is -0.123. The lowest BCUT2D eigenvalue weighted by Crippen LogP contribution is -2.44. The molecule has 2 N–H and O–H groups in total. The number of ketones is 1. The van der Waals surface area contributed by atoms with E-state index in [1.54, 1.807) is 48.5 Å². The van der Waals surface area contributed by atoms with Crippen molar-refractivity contribution < 1.29 is 32.3 Å². The standard InChI is InChI=1S/C36H29ClFN5O6S/c37-29-5-2-6-31(33(29)38)43-20-30(39-41-43)35(45)42-18-17-27-26(22-11-15-25(16-12-22)50(48,49)40-24-13-14-24)3-1-4-28(27)34(42)32(44)19-21-7-9-23(10-8-21)36(46)47/h1-12,15-16,20,24,34,40H,13-14,17-19H2,(H,46,47). The number of aromatic nitrogens is 3. The number of nitrogens with zero attached hydrogens (tertiary/aromatic N) is 4. The van der Waals surface area contributed by atoms with E-state index in [0.29, 0.717) is 17.5 Å². The van der Waals surface area contributed by atoms with Crippen molar-refractivity contribution in [2.24, 2.45) is 0 Å². The van der Waals surface area contributed by atoms with Gasteiger partial charge >= 0.3 is 5.97 Å². The third kappa shape index (κ3) is 6.54. The molecule has 50 heavy (non-hydrogen) atoms. The summed E-state index contributed by atoms with van der Waals surface area (Å²) in [4.78, 5) is 41.2. The predicted molar refractivity (Wildman–Crippen MR) is 181 cm³/mol. The number of aromatic carboxylic acids is 1. The van der Waals surface area contributed by atoms with Gasteiger partial charge in [-0.1, -0.05) is 65.3 Å². The highest BCUT2D eigenvalue weighted by Crippen LogP contribution is 2.38. The molecule has 2 heterocycles. The van der Waals surface area contributed by atoms with Crippen LogP contribution in [0.5, 0.6) is 0 Å². The van der Waals surface area contributed by atoms with Crippen LogP contribution in [0, 0.1) is 5.82 Å². The normalized spacial score (nSPS) is 15.8.